The first-order chi connectivity index (χ1) is 16.2. The Bertz CT molecular complexity index is 902. The van der Waals surface area contributed by atoms with Gasteiger partial charge in [0, 0.05) is 12.6 Å². The lowest BCUT2D eigenvalue weighted by Gasteiger charge is -2.38. The molecule has 2 aliphatic heterocycles. The smallest absolute Gasteiger partial charge is 0.192 e. The standard InChI is InChI=1S/C28H41NO4Si/c1-28(2,3)34(4,5)33-20-25-27(32-19-22-14-10-7-11-15-22)26(24-16-23(30)17-29(24)25)31-18-21-12-8-6-9-13-21/h6-15,23-27,30H,16-20H2,1-5H3/t23-,24+,25+,26+,27+/m0/s1. The van der Waals surface area contributed by atoms with Crippen molar-refractivity contribution in [3.63, 3.8) is 0 Å². The van der Waals surface area contributed by atoms with Gasteiger partial charge in [0.05, 0.1) is 32.0 Å². The minimum atomic E-state index is -1.93. The Morgan fingerprint density at radius 3 is 1.94 bits per heavy atom. The zero-order chi connectivity index (χ0) is 24.3. The molecule has 0 aromatic heterocycles. The Hall–Kier alpha value is -1.54. The lowest BCUT2D eigenvalue weighted by Crippen LogP contribution is -2.48. The van der Waals surface area contributed by atoms with E-state index in [2.05, 4.69) is 63.0 Å². The van der Waals surface area contributed by atoms with Gasteiger partial charge >= 0.3 is 0 Å². The van der Waals surface area contributed by atoms with Crippen LogP contribution in [0.5, 0.6) is 0 Å². The van der Waals surface area contributed by atoms with Crippen molar-refractivity contribution in [1.29, 1.82) is 0 Å². The molecule has 5 atom stereocenters. The first-order valence-electron chi connectivity index (χ1n) is 12.5. The Balaban J connectivity index is 1.55. The van der Waals surface area contributed by atoms with E-state index in [9.17, 15) is 5.11 Å². The number of aliphatic hydroxyl groups is 1. The highest BCUT2D eigenvalue weighted by Gasteiger charge is 2.55. The van der Waals surface area contributed by atoms with Crippen LogP contribution >= 0.6 is 0 Å². The second-order valence-corrected chi connectivity index (χ2v) is 16.1. The first kappa shape index (κ1) is 25.5. The quantitative estimate of drug-likeness (QED) is 0.509. The van der Waals surface area contributed by atoms with Gasteiger partial charge in [0.25, 0.3) is 0 Å². The zero-order valence-electron chi connectivity index (χ0n) is 21.3. The number of aliphatic hydroxyl groups excluding tert-OH is 1. The summed E-state index contributed by atoms with van der Waals surface area (Å²) in [5.74, 6) is 0. The maximum absolute atomic E-state index is 10.5. The molecule has 0 aliphatic carbocycles. The summed E-state index contributed by atoms with van der Waals surface area (Å²) in [5, 5.41) is 10.7. The first-order valence-corrected chi connectivity index (χ1v) is 15.5. The molecule has 2 saturated heterocycles. The Labute approximate surface area is 206 Å². The van der Waals surface area contributed by atoms with Gasteiger partial charge in [-0.1, -0.05) is 81.4 Å². The van der Waals surface area contributed by atoms with E-state index in [0.29, 0.717) is 32.8 Å². The molecule has 2 fully saturated rings. The van der Waals surface area contributed by atoms with Crippen molar-refractivity contribution in [3.8, 4) is 0 Å². The molecule has 2 aromatic carbocycles. The van der Waals surface area contributed by atoms with E-state index in [1.54, 1.807) is 0 Å². The van der Waals surface area contributed by atoms with Crippen molar-refractivity contribution in [2.45, 2.75) is 88.9 Å². The van der Waals surface area contributed by atoms with Gasteiger partial charge in [0.2, 0.25) is 0 Å². The second kappa shape index (κ2) is 10.6. The average molecular weight is 484 g/mol. The van der Waals surface area contributed by atoms with E-state index in [0.717, 1.165) is 11.1 Å². The molecule has 34 heavy (non-hydrogen) atoms. The van der Waals surface area contributed by atoms with E-state index in [1.807, 2.05) is 36.4 Å². The molecule has 0 bridgehead atoms. The molecule has 2 aliphatic rings. The lowest BCUT2D eigenvalue weighted by atomic mass is 10.0. The van der Waals surface area contributed by atoms with Crippen molar-refractivity contribution in [2.75, 3.05) is 13.2 Å². The second-order valence-electron chi connectivity index (χ2n) is 11.3. The maximum Gasteiger partial charge on any atom is 0.192 e. The van der Waals surface area contributed by atoms with Crippen molar-refractivity contribution in [3.05, 3.63) is 71.8 Å². The number of nitrogens with zero attached hydrogens (tertiary/aromatic N) is 1. The fraction of sp³-hybridized carbons (Fsp3) is 0.571. The normalized spacial score (nSPS) is 27.8. The highest BCUT2D eigenvalue weighted by atomic mass is 28.4. The highest BCUT2D eigenvalue weighted by molar-refractivity contribution is 6.74. The molecule has 0 spiro atoms. The van der Waals surface area contributed by atoms with Crippen LogP contribution in [0.1, 0.15) is 38.3 Å². The van der Waals surface area contributed by atoms with E-state index < -0.39 is 8.32 Å². The molecule has 0 amide bonds. The molecule has 2 heterocycles. The van der Waals surface area contributed by atoms with E-state index in [4.69, 9.17) is 13.9 Å². The third-order valence-corrected chi connectivity index (χ3v) is 12.4. The Morgan fingerprint density at radius 1 is 0.882 bits per heavy atom. The summed E-state index contributed by atoms with van der Waals surface area (Å²) in [7, 11) is -1.93. The third kappa shape index (κ3) is 5.81. The number of ether oxygens (including phenoxy) is 2. The van der Waals surface area contributed by atoms with E-state index in [-0.39, 0.29) is 35.4 Å². The molecule has 2 aromatic rings. The zero-order valence-corrected chi connectivity index (χ0v) is 22.3. The average Bonchev–Trinajstić information content (AvgIpc) is 3.30. The molecule has 5 nitrogen and oxygen atoms in total. The minimum Gasteiger partial charge on any atom is -0.415 e. The van der Waals surface area contributed by atoms with Gasteiger partial charge in [-0.25, -0.2) is 0 Å². The summed E-state index contributed by atoms with van der Waals surface area (Å²) in [5.41, 5.74) is 2.30. The van der Waals surface area contributed by atoms with Gasteiger partial charge in [0.1, 0.15) is 12.2 Å². The van der Waals surface area contributed by atoms with Gasteiger partial charge in [-0.15, -0.1) is 0 Å². The number of rotatable bonds is 9. The SMILES string of the molecule is CC(C)(C)[Si](C)(C)OC[C@@H]1[C@@H](OCc2ccccc2)[C@H](OCc2ccccc2)[C@H]2C[C@H](O)CN12. The molecule has 186 valence electrons. The van der Waals surface area contributed by atoms with E-state index in [1.165, 1.54) is 0 Å². The highest BCUT2D eigenvalue weighted by Crippen LogP contribution is 2.40. The topological polar surface area (TPSA) is 51.2 Å². The number of hydrogen-bond donors (Lipinski definition) is 1. The summed E-state index contributed by atoms with van der Waals surface area (Å²) in [6, 6.07) is 20.8. The molecule has 4 rings (SSSR count). The van der Waals surface area contributed by atoms with Crippen LogP contribution in [-0.2, 0) is 27.1 Å². The summed E-state index contributed by atoms with van der Waals surface area (Å²) < 4.78 is 19.9. The van der Waals surface area contributed by atoms with Crippen LogP contribution in [-0.4, -0.2) is 61.9 Å². The Morgan fingerprint density at radius 2 is 1.41 bits per heavy atom. The van der Waals surface area contributed by atoms with Gasteiger partial charge in [0.15, 0.2) is 8.32 Å². The summed E-state index contributed by atoms with van der Waals surface area (Å²) in [6.07, 6.45) is 0.139. The van der Waals surface area contributed by atoms with Gasteiger partial charge in [-0.05, 0) is 35.7 Å². The van der Waals surface area contributed by atoms with Crippen LogP contribution in [0.2, 0.25) is 18.1 Å². The lowest BCUT2D eigenvalue weighted by molar-refractivity contribution is -0.0854. The molecule has 1 N–H and O–H groups in total. The maximum atomic E-state index is 10.5. The monoisotopic (exact) mass is 483 g/mol. The molecule has 0 unspecified atom stereocenters. The van der Waals surface area contributed by atoms with E-state index >= 15 is 0 Å². The predicted octanol–water partition coefficient (Wildman–Crippen LogP) is 5.00. The molecular weight excluding hydrogens is 442 g/mol. The van der Waals surface area contributed by atoms with Crippen LogP contribution < -0.4 is 0 Å². The summed E-state index contributed by atoms with van der Waals surface area (Å²) in [6.45, 7) is 13.7. The van der Waals surface area contributed by atoms with Gasteiger partial charge < -0.3 is 19.0 Å². The van der Waals surface area contributed by atoms with Crippen LogP contribution in [0.4, 0.5) is 0 Å². The summed E-state index contributed by atoms with van der Waals surface area (Å²) >= 11 is 0. The van der Waals surface area contributed by atoms with Crippen LogP contribution in [0.3, 0.4) is 0 Å². The third-order valence-electron chi connectivity index (χ3n) is 7.86. The van der Waals surface area contributed by atoms with Crippen LogP contribution in [0, 0.1) is 0 Å². The fourth-order valence-corrected chi connectivity index (χ4v) is 5.86. The number of hydrogen-bond acceptors (Lipinski definition) is 5. The predicted molar refractivity (Wildman–Crippen MR) is 138 cm³/mol. The largest absolute Gasteiger partial charge is 0.415 e. The molecular formula is C28H41NO4Si. The number of fused-ring (bicyclic) bond motifs is 1. The van der Waals surface area contributed by atoms with Gasteiger partial charge in [-0.2, -0.15) is 0 Å². The van der Waals surface area contributed by atoms with Crippen molar-refractivity contribution in [2.24, 2.45) is 0 Å². The molecule has 0 radical (unpaired) electrons. The Kier molecular flexibility index (Phi) is 7.97. The van der Waals surface area contributed by atoms with Crippen molar-refractivity contribution in [1.82, 2.24) is 4.90 Å². The van der Waals surface area contributed by atoms with Crippen LogP contribution in [0.25, 0.3) is 0 Å². The van der Waals surface area contributed by atoms with Crippen LogP contribution in [0.15, 0.2) is 60.7 Å². The minimum absolute atomic E-state index is 0.0563. The molecule has 6 heteroatoms. The van der Waals surface area contributed by atoms with Gasteiger partial charge in [-0.3, -0.25) is 4.90 Å². The van der Waals surface area contributed by atoms with Crippen molar-refractivity contribution < 1.29 is 19.0 Å². The van der Waals surface area contributed by atoms with Crippen molar-refractivity contribution >= 4 is 8.32 Å². The molecule has 0 saturated carbocycles. The summed E-state index contributed by atoms with van der Waals surface area (Å²) in [4.78, 5) is 2.39. The number of benzene rings is 2. The fourth-order valence-electron chi connectivity index (χ4n) is 4.84.